The molecule has 0 radical (unpaired) electrons. The lowest BCUT2D eigenvalue weighted by Gasteiger charge is -2.30. The van der Waals surface area contributed by atoms with E-state index in [0.717, 1.165) is 22.3 Å². The molecule has 1 unspecified atom stereocenters. The largest absolute Gasteiger partial charge is 0.476 e. The molecule has 0 bridgehead atoms. The average molecular weight is 517 g/mol. The van der Waals surface area contributed by atoms with Gasteiger partial charge >= 0.3 is 5.97 Å². The Morgan fingerprint density at radius 2 is 2.00 bits per heavy atom. The maximum absolute atomic E-state index is 13.7. The van der Waals surface area contributed by atoms with Crippen LogP contribution in [0.4, 0.5) is 15.9 Å². The summed E-state index contributed by atoms with van der Waals surface area (Å²) in [5, 5.41) is 22.7. The average Bonchev–Trinajstić information content (AvgIpc) is 2.87. The van der Waals surface area contributed by atoms with Crippen LogP contribution in [0.5, 0.6) is 0 Å². The monoisotopic (exact) mass is 516 g/mol. The van der Waals surface area contributed by atoms with E-state index in [4.69, 9.17) is 16.6 Å². The minimum atomic E-state index is -1.20. The number of rotatable bonds is 5. The summed E-state index contributed by atoms with van der Waals surface area (Å²) < 4.78 is 13.7. The van der Waals surface area contributed by atoms with Crippen molar-refractivity contribution in [3.63, 3.8) is 0 Å². The van der Waals surface area contributed by atoms with Gasteiger partial charge in [0.05, 0.1) is 22.8 Å². The zero-order valence-corrected chi connectivity index (χ0v) is 20.8. The van der Waals surface area contributed by atoms with Gasteiger partial charge in [0.15, 0.2) is 17.2 Å². The van der Waals surface area contributed by atoms with Crippen LogP contribution in [-0.4, -0.2) is 32.6 Å². The van der Waals surface area contributed by atoms with E-state index in [1.54, 1.807) is 18.2 Å². The number of pyridine rings is 1. The Labute approximate surface area is 217 Å². The van der Waals surface area contributed by atoms with E-state index in [-0.39, 0.29) is 28.4 Å². The maximum atomic E-state index is 13.7. The molecule has 0 saturated heterocycles. The number of carboxylic acid groups (broad SMARTS) is 1. The summed E-state index contributed by atoms with van der Waals surface area (Å²) in [6, 6.07) is 13.5. The molecular weight excluding hydrogens is 495 g/mol. The van der Waals surface area contributed by atoms with Crippen molar-refractivity contribution in [3.05, 3.63) is 87.1 Å². The van der Waals surface area contributed by atoms with E-state index in [2.05, 4.69) is 21.4 Å². The van der Waals surface area contributed by atoms with Crippen LogP contribution in [0.1, 0.15) is 51.4 Å². The second-order valence-corrected chi connectivity index (χ2v) is 9.40. The van der Waals surface area contributed by atoms with Gasteiger partial charge in [0.2, 0.25) is 0 Å². The van der Waals surface area contributed by atoms with Gasteiger partial charge in [-0.2, -0.15) is 5.26 Å². The topological polar surface area (TPSA) is 115 Å². The number of hydrogen-bond acceptors (Lipinski definition) is 7. The molecule has 1 atom stereocenters. The molecule has 0 fully saturated rings. The van der Waals surface area contributed by atoms with E-state index in [9.17, 15) is 19.6 Å². The van der Waals surface area contributed by atoms with Crippen molar-refractivity contribution in [2.24, 2.45) is 0 Å². The van der Waals surface area contributed by atoms with Crippen LogP contribution in [0.15, 0.2) is 42.5 Å². The first kappa shape index (κ1) is 24.4. The molecule has 0 aliphatic carbocycles. The molecule has 1 aliphatic rings. The first-order chi connectivity index (χ1) is 17.7. The Kier molecular flexibility index (Phi) is 6.36. The van der Waals surface area contributed by atoms with Crippen molar-refractivity contribution in [3.8, 4) is 6.07 Å². The van der Waals surface area contributed by atoms with E-state index in [0.29, 0.717) is 42.0 Å². The normalized spacial score (nSPS) is 13.6. The van der Waals surface area contributed by atoms with Crippen molar-refractivity contribution >= 4 is 40.1 Å². The van der Waals surface area contributed by atoms with E-state index < -0.39 is 5.97 Å². The SMILES string of the molecule is Cc1cc(C(C)Nc2ccc(Cl)nc2C(=O)O)c2nc(N3CCc4cc(F)ccc4C3)c(C#N)nc2c1. The number of aromatic nitrogens is 3. The molecule has 1 aliphatic heterocycles. The van der Waals surface area contributed by atoms with E-state index in [1.807, 2.05) is 30.9 Å². The molecule has 2 aromatic heterocycles. The Morgan fingerprint density at radius 1 is 1.19 bits per heavy atom. The number of fused-ring (bicyclic) bond motifs is 2. The van der Waals surface area contributed by atoms with Gasteiger partial charge in [0.1, 0.15) is 17.0 Å². The second kappa shape index (κ2) is 9.64. The van der Waals surface area contributed by atoms with Gasteiger partial charge in [0.25, 0.3) is 0 Å². The van der Waals surface area contributed by atoms with Gasteiger partial charge < -0.3 is 15.3 Å². The van der Waals surface area contributed by atoms with Crippen LogP contribution >= 0.6 is 11.6 Å². The van der Waals surface area contributed by atoms with Crippen molar-refractivity contribution in [2.75, 3.05) is 16.8 Å². The van der Waals surface area contributed by atoms with Crippen LogP contribution in [-0.2, 0) is 13.0 Å². The molecule has 5 rings (SSSR count). The lowest BCUT2D eigenvalue weighted by atomic mass is 9.99. The van der Waals surface area contributed by atoms with Gasteiger partial charge in [-0.05, 0) is 67.3 Å². The Balaban J connectivity index is 1.57. The molecule has 0 amide bonds. The fourth-order valence-corrected chi connectivity index (χ4v) is 4.82. The number of aromatic carboxylic acids is 1. The summed E-state index contributed by atoms with van der Waals surface area (Å²) in [6.07, 6.45) is 0.623. The number of anilines is 2. The Bertz CT molecular complexity index is 1600. The summed E-state index contributed by atoms with van der Waals surface area (Å²) in [5.74, 6) is -1.00. The van der Waals surface area contributed by atoms with Crippen molar-refractivity contribution in [2.45, 2.75) is 32.9 Å². The van der Waals surface area contributed by atoms with Crippen LogP contribution < -0.4 is 10.2 Å². The van der Waals surface area contributed by atoms with Crippen LogP contribution in [0.3, 0.4) is 0 Å². The van der Waals surface area contributed by atoms with Crippen molar-refractivity contribution in [1.29, 1.82) is 5.26 Å². The molecule has 2 aromatic carbocycles. The van der Waals surface area contributed by atoms with Gasteiger partial charge in [-0.25, -0.2) is 24.1 Å². The standard InChI is InChI=1S/C27H22ClFN6O2/c1-14-9-19(15(2)31-20-5-6-23(28)33-25(20)27(36)37)24-21(10-14)32-22(12-30)26(34-24)35-8-7-16-11-18(29)4-3-17(16)13-35/h3-6,9-11,15,31H,7-8,13H2,1-2H3,(H,36,37). The minimum absolute atomic E-state index is 0.0852. The molecule has 2 N–H and O–H groups in total. The van der Waals surface area contributed by atoms with Crippen molar-refractivity contribution in [1.82, 2.24) is 15.0 Å². The fraction of sp³-hybridized carbons (Fsp3) is 0.222. The first-order valence-corrected chi connectivity index (χ1v) is 12.0. The minimum Gasteiger partial charge on any atom is -0.476 e. The van der Waals surface area contributed by atoms with Crippen molar-refractivity contribution < 1.29 is 14.3 Å². The lowest BCUT2D eigenvalue weighted by Crippen LogP contribution is -2.32. The highest BCUT2D eigenvalue weighted by Crippen LogP contribution is 2.32. The van der Waals surface area contributed by atoms with E-state index in [1.165, 1.54) is 12.1 Å². The third-order valence-electron chi connectivity index (χ3n) is 6.41. The van der Waals surface area contributed by atoms with Crippen LogP contribution in [0, 0.1) is 24.1 Å². The van der Waals surface area contributed by atoms with E-state index >= 15 is 0 Å². The number of hydrogen-bond donors (Lipinski definition) is 2. The van der Waals surface area contributed by atoms with Gasteiger partial charge in [-0.3, -0.25) is 0 Å². The number of nitriles is 1. The molecule has 4 aromatic rings. The number of aryl methyl sites for hydroxylation is 1. The molecule has 10 heteroatoms. The number of halogens is 2. The van der Waals surface area contributed by atoms with Gasteiger partial charge in [-0.1, -0.05) is 23.7 Å². The molecule has 37 heavy (non-hydrogen) atoms. The Morgan fingerprint density at radius 3 is 2.76 bits per heavy atom. The summed E-state index contributed by atoms with van der Waals surface area (Å²) in [6.45, 7) is 4.86. The molecule has 0 saturated carbocycles. The molecule has 186 valence electrons. The second-order valence-electron chi connectivity index (χ2n) is 9.02. The maximum Gasteiger partial charge on any atom is 0.356 e. The summed E-state index contributed by atoms with van der Waals surface area (Å²) >= 11 is 5.90. The first-order valence-electron chi connectivity index (χ1n) is 11.6. The number of carboxylic acids is 1. The highest BCUT2D eigenvalue weighted by Gasteiger charge is 2.24. The lowest BCUT2D eigenvalue weighted by molar-refractivity contribution is 0.0691. The Hall–Kier alpha value is -4.29. The summed E-state index contributed by atoms with van der Waals surface area (Å²) in [7, 11) is 0. The smallest absolute Gasteiger partial charge is 0.356 e. The zero-order valence-electron chi connectivity index (χ0n) is 20.1. The molecule has 8 nitrogen and oxygen atoms in total. The highest BCUT2D eigenvalue weighted by molar-refractivity contribution is 6.29. The quantitative estimate of drug-likeness (QED) is 0.337. The molecule has 0 spiro atoms. The van der Waals surface area contributed by atoms with Gasteiger partial charge in [0, 0.05) is 18.7 Å². The molecular formula is C27H22ClFN6O2. The summed E-state index contributed by atoms with van der Waals surface area (Å²) in [4.78, 5) is 27.2. The third kappa shape index (κ3) is 4.76. The molecule has 3 heterocycles. The fourth-order valence-electron chi connectivity index (χ4n) is 4.68. The number of benzene rings is 2. The third-order valence-corrected chi connectivity index (χ3v) is 6.62. The highest BCUT2D eigenvalue weighted by atomic mass is 35.5. The predicted octanol–water partition coefficient (Wildman–Crippen LogP) is 5.43. The number of nitrogens with zero attached hydrogens (tertiary/aromatic N) is 5. The van der Waals surface area contributed by atoms with Crippen LogP contribution in [0.25, 0.3) is 11.0 Å². The number of carbonyl (C=O) groups is 1. The zero-order chi connectivity index (χ0) is 26.3. The van der Waals surface area contributed by atoms with Crippen LogP contribution in [0.2, 0.25) is 5.15 Å². The number of nitrogens with one attached hydrogen (secondary N) is 1. The predicted molar refractivity (Wildman–Crippen MR) is 138 cm³/mol. The summed E-state index contributed by atoms with van der Waals surface area (Å²) in [5.41, 5.74) is 5.16. The van der Waals surface area contributed by atoms with Gasteiger partial charge in [-0.15, -0.1) is 0 Å².